The van der Waals surface area contributed by atoms with Crippen molar-refractivity contribution >= 4 is 11.9 Å². The first kappa shape index (κ1) is 15.5. The molecule has 0 heterocycles. The molecule has 98 valence electrons. The van der Waals surface area contributed by atoms with E-state index in [1.54, 1.807) is 19.2 Å². The lowest BCUT2D eigenvalue weighted by molar-refractivity contribution is -0.172. The number of ether oxygens (including phenoxy) is 1. The fourth-order valence-corrected chi connectivity index (χ4v) is 1.10. The van der Waals surface area contributed by atoms with Gasteiger partial charge in [-0.3, -0.25) is 4.79 Å². The Morgan fingerprint density at radius 3 is 2.12 bits per heavy atom. The number of esters is 1. The summed E-state index contributed by atoms with van der Waals surface area (Å²) in [5.74, 6) is -2.83. The predicted molar refractivity (Wildman–Crippen MR) is 53.8 cm³/mol. The zero-order valence-electron chi connectivity index (χ0n) is 9.77. The first-order valence-electron chi connectivity index (χ1n) is 4.99. The number of allylic oxidation sites excluding steroid dienone is 1. The van der Waals surface area contributed by atoms with Gasteiger partial charge in [0.15, 0.2) is 0 Å². The molecule has 0 aromatic heterocycles. The van der Waals surface area contributed by atoms with E-state index in [4.69, 9.17) is 0 Å². The summed E-state index contributed by atoms with van der Waals surface area (Å²) in [5, 5.41) is 1.63. The summed E-state index contributed by atoms with van der Waals surface area (Å²) < 4.78 is 40.6. The van der Waals surface area contributed by atoms with Crippen molar-refractivity contribution in [2.75, 3.05) is 6.61 Å². The van der Waals surface area contributed by atoms with Crippen LogP contribution in [0.1, 0.15) is 27.2 Å². The molecule has 0 spiro atoms. The van der Waals surface area contributed by atoms with Crippen LogP contribution in [0.25, 0.3) is 0 Å². The molecule has 0 rings (SSSR count). The van der Waals surface area contributed by atoms with E-state index in [0.717, 1.165) is 0 Å². The summed E-state index contributed by atoms with van der Waals surface area (Å²) in [6.07, 6.45) is -4.81. The fourth-order valence-electron chi connectivity index (χ4n) is 1.10. The number of rotatable bonds is 4. The summed E-state index contributed by atoms with van der Waals surface area (Å²) in [5.41, 5.74) is -0.127. The third kappa shape index (κ3) is 4.88. The van der Waals surface area contributed by atoms with E-state index >= 15 is 0 Å². The zero-order chi connectivity index (χ0) is 13.6. The minimum absolute atomic E-state index is 0.0180. The second-order valence-electron chi connectivity index (χ2n) is 3.13. The van der Waals surface area contributed by atoms with Crippen LogP contribution in [-0.2, 0) is 14.3 Å². The van der Waals surface area contributed by atoms with Crippen molar-refractivity contribution in [3.8, 4) is 0 Å². The molecule has 7 heteroatoms. The van der Waals surface area contributed by atoms with E-state index in [9.17, 15) is 22.8 Å². The maximum Gasteiger partial charge on any atom is 0.471 e. The molecule has 4 nitrogen and oxygen atoms in total. The molecule has 0 saturated carbocycles. The van der Waals surface area contributed by atoms with Crippen molar-refractivity contribution in [1.82, 2.24) is 5.32 Å². The Morgan fingerprint density at radius 2 is 1.76 bits per heavy atom. The standard InChI is InChI=1S/C10H14F3NO3/c1-4-7(8(15)17-5-2)6(3)14-9(16)10(11,12)13/h4-5H2,1-3H3,(H,14,16)/b7-6+. The highest BCUT2D eigenvalue weighted by Gasteiger charge is 2.39. The predicted octanol–water partition coefficient (Wildman–Crippen LogP) is 1.91. The molecule has 0 saturated heterocycles. The monoisotopic (exact) mass is 253 g/mol. The van der Waals surface area contributed by atoms with Gasteiger partial charge in [0, 0.05) is 5.70 Å². The number of amides is 1. The van der Waals surface area contributed by atoms with Crippen LogP contribution in [0.5, 0.6) is 0 Å². The Labute approximate surface area is 96.8 Å². The van der Waals surface area contributed by atoms with E-state index < -0.39 is 18.1 Å². The Hall–Kier alpha value is -1.53. The molecule has 0 fully saturated rings. The summed E-state index contributed by atoms with van der Waals surface area (Å²) in [7, 11) is 0. The number of hydrogen-bond acceptors (Lipinski definition) is 3. The largest absolute Gasteiger partial charge is 0.471 e. The minimum atomic E-state index is -4.98. The van der Waals surface area contributed by atoms with Crippen LogP contribution < -0.4 is 5.32 Å². The number of halogens is 3. The molecule has 0 bridgehead atoms. The molecule has 0 aliphatic rings. The quantitative estimate of drug-likeness (QED) is 0.615. The smallest absolute Gasteiger partial charge is 0.463 e. The van der Waals surface area contributed by atoms with Crippen molar-refractivity contribution in [2.24, 2.45) is 0 Å². The summed E-state index contributed by atoms with van der Waals surface area (Å²) in [4.78, 5) is 22.0. The van der Waals surface area contributed by atoms with Crippen LogP contribution in [0.4, 0.5) is 13.2 Å². The van der Waals surface area contributed by atoms with Crippen molar-refractivity contribution in [3.63, 3.8) is 0 Å². The van der Waals surface area contributed by atoms with Crippen LogP contribution in [0.2, 0.25) is 0 Å². The van der Waals surface area contributed by atoms with E-state index in [0.29, 0.717) is 0 Å². The van der Waals surface area contributed by atoms with Gasteiger partial charge in [-0.25, -0.2) is 4.79 Å². The highest BCUT2D eigenvalue weighted by Crippen LogP contribution is 2.16. The van der Waals surface area contributed by atoms with Crippen LogP contribution in [0, 0.1) is 0 Å². The highest BCUT2D eigenvalue weighted by atomic mass is 19.4. The maximum absolute atomic E-state index is 12.0. The van der Waals surface area contributed by atoms with Crippen LogP contribution >= 0.6 is 0 Å². The summed E-state index contributed by atoms with van der Waals surface area (Å²) >= 11 is 0. The molecule has 0 aromatic carbocycles. The first-order chi connectivity index (χ1) is 7.73. The van der Waals surface area contributed by atoms with Gasteiger partial charge in [0.25, 0.3) is 0 Å². The van der Waals surface area contributed by atoms with E-state index in [1.165, 1.54) is 6.92 Å². The van der Waals surface area contributed by atoms with Gasteiger partial charge in [-0.1, -0.05) is 6.92 Å². The van der Waals surface area contributed by atoms with E-state index in [-0.39, 0.29) is 24.3 Å². The summed E-state index contributed by atoms with van der Waals surface area (Å²) in [6.45, 7) is 4.49. The molecule has 0 radical (unpaired) electrons. The topological polar surface area (TPSA) is 55.4 Å². The SMILES string of the molecule is CCOC(=O)/C(CC)=C(\C)NC(=O)C(F)(F)F. The van der Waals surface area contributed by atoms with Crippen LogP contribution in [0.15, 0.2) is 11.3 Å². The second kappa shape index (κ2) is 6.27. The average Bonchev–Trinajstić information content (AvgIpc) is 2.17. The fraction of sp³-hybridized carbons (Fsp3) is 0.600. The van der Waals surface area contributed by atoms with Gasteiger partial charge in [-0.15, -0.1) is 0 Å². The lowest BCUT2D eigenvalue weighted by atomic mass is 10.1. The molecule has 0 aromatic rings. The molecule has 0 atom stereocenters. The molecule has 1 N–H and O–H groups in total. The van der Waals surface area contributed by atoms with E-state index in [2.05, 4.69) is 4.74 Å². The number of nitrogens with one attached hydrogen (secondary N) is 1. The van der Waals surface area contributed by atoms with Crippen LogP contribution in [0.3, 0.4) is 0 Å². The van der Waals surface area contributed by atoms with E-state index in [1.807, 2.05) is 0 Å². The molecule has 0 aliphatic carbocycles. The van der Waals surface area contributed by atoms with Gasteiger partial charge in [0.05, 0.1) is 12.2 Å². The zero-order valence-corrected chi connectivity index (χ0v) is 9.77. The number of carbonyl (C=O) groups is 2. The van der Waals surface area contributed by atoms with Crippen LogP contribution in [-0.4, -0.2) is 24.7 Å². The Bertz CT molecular complexity index is 334. The second-order valence-corrected chi connectivity index (χ2v) is 3.13. The Kier molecular flexibility index (Phi) is 5.70. The molecular weight excluding hydrogens is 239 g/mol. The third-order valence-electron chi connectivity index (χ3n) is 1.89. The van der Waals surface area contributed by atoms with Gasteiger partial charge >= 0.3 is 18.1 Å². The Balaban J connectivity index is 4.88. The van der Waals surface area contributed by atoms with Gasteiger partial charge in [-0.05, 0) is 20.3 Å². The number of hydrogen-bond donors (Lipinski definition) is 1. The molecule has 0 unspecified atom stereocenters. The van der Waals surface area contributed by atoms with Crippen molar-refractivity contribution in [2.45, 2.75) is 33.4 Å². The molecular formula is C10H14F3NO3. The van der Waals surface area contributed by atoms with Gasteiger partial charge in [0.1, 0.15) is 0 Å². The van der Waals surface area contributed by atoms with Gasteiger partial charge in [0.2, 0.25) is 0 Å². The van der Waals surface area contributed by atoms with Gasteiger partial charge < -0.3 is 10.1 Å². The van der Waals surface area contributed by atoms with Crippen molar-refractivity contribution < 1.29 is 27.5 Å². The van der Waals surface area contributed by atoms with Crippen molar-refractivity contribution in [1.29, 1.82) is 0 Å². The van der Waals surface area contributed by atoms with Crippen molar-refractivity contribution in [3.05, 3.63) is 11.3 Å². The summed E-state index contributed by atoms with van der Waals surface area (Å²) in [6, 6.07) is 0. The Morgan fingerprint density at radius 1 is 1.24 bits per heavy atom. The molecule has 0 aliphatic heterocycles. The molecule has 1 amide bonds. The number of carbonyl (C=O) groups excluding carboxylic acids is 2. The minimum Gasteiger partial charge on any atom is -0.463 e. The first-order valence-corrected chi connectivity index (χ1v) is 4.99. The normalized spacial score (nSPS) is 12.8. The molecule has 17 heavy (non-hydrogen) atoms. The lowest BCUT2D eigenvalue weighted by Crippen LogP contribution is -2.36. The maximum atomic E-state index is 12.0. The lowest BCUT2D eigenvalue weighted by Gasteiger charge is -2.12. The number of alkyl halides is 3. The average molecular weight is 253 g/mol. The highest BCUT2D eigenvalue weighted by molar-refractivity contribution is 5.91. The van der Waals surface area contributed by atoms with Gasteiger partial charge in [-0.2, -0.15) is 13.2 Å². The third-order valence-corrected chi connectivity index (χ3v) is 1.89.